The molecule has 0 spiro atoms. The molecule has 2 aromatic rings. The van der Waals surface area contributed by atoms with Gasteiger partial charge >= 0.3 is 0 Å². The number of anilines is 2. The lowest BCUT2D eigenvalue weighted by molar-refractivity contribution is -0.117. The van der Waals surface area contributed by atoms with E-state index in [9.17, 15) is 4.79 Å². The number of nitrogens with one attached hydrogen (secondary N) is 1. The number of fused-ring (bicyclic) bond motifs is 1. The number of amides is 1. The second kappa shape index (κ2) is 4.75. The maximum absolute atomic E-state index is 11.9. The highest BCUT2D eigenvalue weighted by Crippen LogP contribution is 2.43. The van der Waals surface area contributed by atoms with Crippen LogP contribution in [-0.2, 0) is 4.79 Å². The van der Waals surface area contributed by atoms with Crippen molar-refractivity contribution < 1.29 is 4.79 Å². The zero-order valence-corrected chi connectivity index (χ0v) is 12.7. The molecule has 0 saturated carbocycles. The first-order valence-electron chi connectivity index (χ1n) is 6.38. The summed E-state index contributed by atoms with van der Waals surface area (Å²) in [5, 5.41) is 3.94. The fraction of sp³-hybridized carbons (Fsp3) is 0.286. The van der Waals surface area contributed by atoms with E-state index in [4.69, 9.17) is 17.3 Å². The first-order valence-corrected chi connectivity index (χ1v) is 7.58. The van der Waals surface area contributed by atoms with Crippen LogP contribution in [0.1, 0.15) is 29.7 Å². The molecular weight excluding hydrogens is 294 g/mol. The van der Waals surface area contributed by atoms with Crippen LogP contribution in [0, 0.1) is 6.92 Å². The van der Waals surface area contributed by atoms with Gasteiger partial charge in [0.15, 0.2) is 5.13 Å². The van der Waals surface area contributed by atoms with Crippen LogP contribution in [0.25, 0.3) is 11.3 Å². The average molecular weight is 308 g/mol. The zero-order chi connectivity index (χ0) is 14.4. The molecule has 0 bridgehead atoms. The third-order valence-electron chi connectivity index (χ3n) is 3.56. The van der Waals surface area contributed by atoms with Gasteiger partial charge in [0.2, 0.25) is 5.91 Å². The molecule has 3 rings (SSSR count). The van der Waals surface area contributed by atoms with E-state index in [1.807, 2.05) is 26.0 Å². The fourth-order valence-corrected chi connectivity index (χ4v) is 3.60. The number of hydrogen-bond acceptors (Lipinski definition) is 4. The number of thiazole rings is 1. The van der Waals surface area contributed by atoms with Gasteiger partial charge in [0.1, 0.15) is 0 Å². The summed E-state index contributed by atoms with van der Waals surface area (Å²) in [7, 11) is 0. The third kappa shape index (κ3) is 1.98. The number of carbonyl (C=O) groups excluding carboxylic acids is 1. The molecule has 20 heavy (non-hydrogen) atoms. The van der Waals surface area contributed by atoms with Crippen LogP contribution in [0.4, 0.5) is 10.8 Å². The number of aryl methyl sites for hydroxylation is 1. The molecule has 1 aliphatic heterocycles. The Kier molecular flexibility index (Phi) is 3.18. The molecule has 0 saturated heterocycles. The molecule has 3 N–H and O–H groups in total. The predicted molar refractivity (Wildman–Crippen MR) is 83.4 cm³/mol. The van der Waals surface area contributed by atoms with E-state index in [1.54, 1.807) is 0 Å². The van der Waals surface area contributed by atoms with Gasteiger partial charge in [-0.3, -0.25) is 4.79 Å². The monoisotopic (exact) mass is 307 g/mol. The number of aromatic nitrogens is 1. The molecule has 1 amide bonds. The summed E-state index contributed by atoms with van der Waals surface area (Å²) in [6.45, 7) is 3.97. The van der Waals surface area contributed by atoms with E-state index in [0.29, 0.717) is 10.2 Å². The molecule has 1 aliphatic rings. The Hall–Kier alpha value is -1.59. The first-order chi connectivity index (χ1) is 9.51. The predicted octanol–water partition coefficient (Wildman–Crippen LogP) is 3.80. The zero-order valence-electron chi connectivity index (χ0n) is 11.2. The van der Waals surface area contributed by atoms with Gasteiger partial charge in [-0.05, 0) is 31.0 Å². The van der Waals surface area contributed by atoms with Gasteiger partial charge in [0.05, 0.1) is 22.3 Å². The van der Waals surface area contributed by atoms with Crippen molar-refractivity contribution in [1.82, 2.24) is 4.98 Å². The molecule has 0 radical (unpaired) electrons. The van der Waals surface area contributed by atoms with Crippen LogP contribution in [0.5, 0.6) is 0 Å². The van der Waals surface area contributed by atoms with Crippen LogP contribution in [0.3, 0.4) is 0 Å². The van der Waals surface area contributed by atoms with E-state index in [2.05, 4.69) is 10.3 Å². The fourth-order valence-electron chi connectivity index (χ4n) is 2.61. The molecular formula is C14H14ClN3OS. The van der Waals surface area contributed by atoms with Crippen LogP contribution >= 0.6 is 22.9 Å². The molecule has 1 unspecified atom stereocenters. The summed E-state index contributed by atoms with van der Waals surface area (Å²) in [5.41, 5.74) is 9.18. The highest BCUT2D eigenvalue weighted by molar-refractivity contribution is 7.15. The van der Waals surface area contributed by atoms with E-state index in [1.165, 1.54) is 11.3 Å². The maximum atomic E-state index is 11.9. The minimum absolute atomic E-state index is 0.0102. The second-order valence-electron chi connectivity index (χ2n) is 4.83. The Labute approximate surface area is 126 Å². The summed E-state index contributed by atoms with van der Waals surface area (Å²) in [6.07, 6.45) is 0.747. The van der Waals surface area contributed by atoms with Crippen molar-refractivity contribution in [3.8, 4) is 11.3 Å². The molecule has 1 atom stereocenters. The van der Waals surface area contributed by atoms with E-state index < -0.39 is 0 Å². The quantitative estimate of drug-likeness (QED) is 0.886. The number of hydrogen-bond donors (Lipinski definition) is 2. The number of nitrogens with two attached hydrogens (primary N) is 1. The smallest absolute Gasteiger partial charge is 0.232 e. The SMILES string of the molecule is CCC1C(=O)Nc2c(Cl)cc(-c3nc(N)sc3C)cc21. The van der Waals surface area contributed by atoms with Crippen molar-refractivity contribution in [2.24, 2.45) is 0 Å². The Bertz CT molecular complexity index is 711. The summed E-state index contributed by atoms with van der Waals surface area (Å²) in [5.74, 6) is -0.130. The number of nitrogens with zero attached hydrogens (tertiary/aromatic N) is 1. The van der Waals surface area contributed by atoms with Gasteiger partial charge in [-0.1, -0.05) is 18.5 Å². The molecule has 0 aliphatic carbocycles. The van der Waals surface area contributed by atoms with Crippen molar-refractivity contribution in [3.05, 3.63) is 27.6 Å². The van der Waals surface area contributed by atoms with Gasteiger partial charge in [-0.2, -0.15) is 0 Å². The normalized spacial score (nSPS) is 17.1. The molecule has 4 nitrogen and oxygen atoms in total. The summed E-state index contributed by atoms with van der Waals surface area (Å²) >= 11 is 7.75. The van der Waals surface area contributed by atoms with Crippen molar-refractivity contribution in [2.45, 2.75) is 26.2 Å². The van der Waals surface area contributed by atoms with Crippen molar-refractivity contribution in [3.63, 3.8) is 0 Å². The second-order valence-corrected chi connectivity index (χ2v) is 6.47. The third-order valence-corrected chi connectivity index (χ3v) is 4.65. The van der Waals surface area contributed by atoms with Gasteiger partial charge in [0.25, 0.3) is 0 Å². The standard InChI is InChI=1S/C14H14ClN3OS/c1-3-8-9-4-7(11-6(2)20-14(16)18-11)5-10(15)12(9)17-13(8)19/h4-5,8H,3H2,1-2H3,(H2,16,18)(H,17,19). The topological polar surface area (TPSA) is 68.0 Å². The van der Waals surface area contributed by atoms with Crippen LogP contribution in [0.15, 0.2) is 12.1 Å². The molecule has 1 aromatic heterocycles. The molecule has 6 heteroatoms. The first kappa shape index (κ1) is 13.4. The Morgan fingerprint density at radius 2 is 2.25 bits per heavy atom. The van der Waals surface area contributed by atoms with E-state index in [0.717, 1.165) is 33.8 Å². The largest absolute Gasteiger partial charge is 0.375 e. The number of benzene rings is 1. The molecule has 1 aromatic carbocycles. The molecule has 0 fully saturated rings. The Morgan fingerprint density at radius 1 is 1.50 bits per heavy atom. The summed E-state index contributed by atoms with van der Waals surface area (Å²) in [4.78, 5) is 17.3. The highest BCUT2D eigenvalue weighted by atomic mass is 35.5. The van der Waals surface area contributed by atoms with E-state index in [-0.39, 0.29) is 11.8 Å². The number of carbonyl (C=O) groups is 1. The lowest BCUT2D eigenvalue weighted by Gasteiger charge is -2.08. The van der Waals surface area contributed by atoms with Crippen molar-refractivity contribution in [2.75, 3.05) is 11.1 Å². The number of halogens is 1. The minimum atomic E-state index is -0.140. The van der Waals surface area contributed by atoms with Crippen molar-refractivity contribution >= 4 is 39.7 Å². The van der Waals surface area contributed by atoms with Gasteiger partial charge < -0.3 is 11.1 Å². The number of rotatable bonds is 2. The van der Waals surface area contributed by atoms with E-state index >= 15 is 0 Å². The van der Waals surface area contributed by atoms with Crippen LogP contribution in [0.2, 0.25) is 5.02 Å². The van der Waals surface area contributed by atoms with Crippen molar-refractivity contribution in [1.29, 1.82) is 0 Å². The Balaban J connectivity index is 2.17. The minimum Gasteiger partial charge on any atom is -0.375 e. The maximum Gasteiger partial charge on any atom is 0.232 e. The van der Waals surface area contributed by atoms with Gasteiger partial charge in [0, 0.05) is 10.4 Å². The van der Waals surface area contributed by atoms with Gasteiger partial charge in [-0.25, -0.2) is 4.98 Å². The van der Waals surface area contributed by atoms with Crippen LogP contribution < -0.4 is 11.1 Å². The lowest BCUT2D eigenvalue weighted by Crippen LogP contribution is -2.10. The average Bonchev–Trinajstić information content (AvgIpc) is 2.88. The summed E-state index contributed by atoms with van der Waals surface area (Å²) < 4.78 is 0. The van der Waals surface area contributed by atoms with Crippen LogP contribution in [-0.4, -0.2) is 10.9 Å². The number of nitrogen functional groups attached to an aromatic ring is 1. The molecule has 2 heterocycles. The Morgan fingerprint density at radius 3 is 2.85 bits per heavy atom. The lowest BCUT2D eigenvalue weighted by atomic mass is 9.95. The highest BCUT2D eigenvalue weighted by Gasteiger charge is 2.31. The van der Waals surface area contributed by atoms with Gasteiger partial charge in [-0.15, -0.1) is 11.3 Å². The molecule has 104 valence electrons. The summed E-state index contributed by atoms with van der Waals surface area (Å²) in [6, 6.07) is 3.83.